The van der Waals surface area contributed by atoms with Gasteiger partial charge in [0.25, 0.3) is 0 Å². The molecule has 29 heavy (non-hydrogen) atoms. The number of nitrogens with one attached hydrogen (secondary N) is 3. The van der Waals surface area contributed by atoms with Crippen LogP contribution in [-0.2, 0) is 14.4 Å². The lowest BCUT2D eigenvalue weighted by Crippen LogP contribution is -2.29. The van der Waals surface area contributed by atoms with Crippen LogP contribution in [0, 0.1) is 0 Å². The van der Waals surface area contributed by atoms with Gasteiger partial charge in [0, 0.05) is 28.1 Å². The zero-order valence-corrected chi connectivity index (χ0v) is 16.5. The van der Waals surface area contributed by atoms with Gasteiger partial charge in [-0.1, -0.05) is 48.2 Å². The molecule has 0 fully saturated rings. The van der Waals surface area contributed by atoms with E-state index in [1.165, 1.54) is 18.7 Å². The Bertz CT molecular complexity index is 1040. The fraction of sp³-hybridized carbons (Fsp3) is 0.0455. The van der Waals surface area contributed by atoms with E-state index in [2.05, 4.69) is 16.0 Å². The molecule has 3 N–H and O–H groups in total. The van der Waals surface area contributed by atoms with Crippen molar-refractivity contribution in [1.29, 1.82) is 0 Å². The lowest BCUT2D eigenvalue weighted by molar-refractivity contribution is -0.133. The first-order valence-electron chi connectivity index (χ1n) is 8.83. The molecule has 7 heteroatoms. The van der Waals surface area contributed by atoms with Gasteiger partial charge in [-0.25, -0.2) is 0 Å². The van der Waals surface area contributed by atoms with E-state index in [-0.39, 0.29) is 5.91 Å². The number of anilines is 3. The van der Waals surface area contributed by atoms with Gasteiger partial charge in [0.2, 0.25) is 5.91 Å². The minimum atomic E-state index is -0.801. The van der Waals surface area contributed by atoms with E-state index < -0.39 is 11.8 Å². The third-order valence-corrected chi connectivity index (χ3v) is 4.84. The van der Waals surface area contributed by atoms with Gasteiger partial charge >= 0.3 is 11.8 Å². The highest BCUT2D eigenvalue weighted by atomic mass is 32.2. The van der Waals surface area contributed by atoms with E-state index in [4.69, 9.17) is 0 Å². The summed E-state index contributed by atoms with van der Waals surface area (Å²) in [6.45, 7) is 1.39. The number of rotatable bonds is 5. The summed E-state index contributed by atoms with van der Waals surface area (Å²) in [7, 11) is 0. The molecular formula is C22H19N3O3S. The maximum Gasteiger partial charge on any atom is 0.314 e. The fourth-order valence-corrected chi connectivity index (χ4v) is 3.44. The molecule has 3 rings (SSSR count). The molecule has 0 saturated carbocycles. The van der Waals surface area contributed by atoms with Crippen LogP contribution >= 0.6 is 11.8 Å². The zero-order valence-electron chi connectivity index (χ0n) is 15.6. The van der Waals surface area contributed by atoms with Crippen LogP contribution in [0.2, 0.25) is 0 Å². The summed E-state index contributed by atoms with van der Waals surface area (Å²) < 4.78 is 0. The summed E-state index contributed by atoms with van der Waals surface area (Å²) in [6, 6.07) is 23.6. The minimum Gasteiger partial charge on any atom is -0.326 e. The van der Waals surface area contributed by atoms with Crippen molar-refractivity contribution in [1.82, 2.24) is 0 Å². The Morgan fingerprint density at radius 2 is 1.31 bits per heavy atom. The van der Waals surface area contributed by atoms with Crippen molar-refractivity contribution in [3.63, 3.8) is 0 Å². The number of carbonyl (C=O) groups is 3. The monoisotopic (exact) mass is 405 g/mol. The van der Waals surface area contributed by atoms with Gasteiger partial charge in [-0.15, -0.1) is 0 Å². The van der Waals surface area contributed by atoms with E-state index in [1.807, 2.05) is 42.5 Å². The minimum absolute atomic E-state index is 0.223. The summed E-state index contributed by atoms with van der Waals surface area (Å²) in [5.41, 5.74) is 1.48. The van der Waals surface area contributed by atoms with Crippen molar-refractivity contribution >= 4 is 46.5 Å². The maximum atomic E-state index is 12.4. The molecule has 0 radical (unpaired) electrons. The quantitative estimate of drug-likeness (QED) is 0.550. The van der Waals surface area contributed by atoms with Gasteiger partial charge in [-0.05, 0) is 42.5 Å². The molecule has 0 atom stereocenters. The molecule has 0 spiro atoms. The molecule has 3 aromatic carbocycles. The van der Waals surface area contributed by atoms with Gasteiger partial charge < -0.3 is 16.0 Å². The number of amides is 3. The molecule has 0 aliphatic carbocycles. The number of hydrogen-bond donors (Lipinski definition) is 3. The standard InChI is InChI=1S/C22H19N3O3S/c1-15(26)23-16-8-7-9-17(14-16)24-21(27)22(28)25-19-12-5-6-13-20(19)29-18-10-3-2-4-11-18/h2-14H,1H3,(H,23,26)(H,24,27)(H,25,28). The molecule has 0 aromatic heterocycles. The molecule has 146 valence electrons. The number of benzene rings is 3. The second-order valence-corrected chi connectivity index (χ2v) is 7.20. The molecule has 3 aromatic rings. The van der Waals surface area contributed by atoms with Crippen LogP contribution in [0.3, 0.4) is 0 Å². The Morgan fingerprint density at radius 1 is 0.690 bits per heavy atom. The number of hydrogen-bond acceptors (Lipinski definition) is 4. The zero-order chi connectivity index (χ0) is 20.6. The predicted octanol–water partition coefficient (Wildman–Crippen LogP) is 4.37. The molecule has 3 amide bonds. The van der Waals surface area contributed by atoms with Gasteiger partial charge in [-0.2, -0.15) is 0 Å². The first-order chi connectivity index (χ1) is 14.0. The normalized spacial score (nSPS) is 10.1. The second kappa shape index (κ2) is 9.57. The molecule has 0 unspecified atom stereocenters. The molecular weight excluding hydrogens is 386 g/mol. The predicted molar refractivity (Wildman–Crippen MR) is 115 cm³/mol. The Morgan fingerprint density at radius 3 is 2.03 bits per heavy atom. The first kappa shape index (κ1) is 20.2. The van der Waals surface area contributed by atoms with Crippen LogP contribution in [0.5, 0.6) is 0 Å². The fourth-order valence-electron chi connectivity index (χ4n) is 2.52. The van der Waals surface area contributed by atoms with E-state index in [9.17, 15) is 14.4 Å². The summed E-state index contributed by atoms with van der Waals surface area (Å²) in [5.74, 6) is -1.81. The van der Waals surface area contributed by atoms with Crippen molar-refractivity contribution in [2.45, 2.75) is 16.7 Å². The SMILES string of the molecule is CC(=O)Nc1cccc(NC(=O)C(=O)Nc2ccccc2Sc2ccccc2)c1. The Hall–Kier alpha value is -3.58. The number of carbonyl (C=O) groups excluding carboxylic acids is 3. The van der Waals surface area contributed by atoms with Gasteiger partial charge in [-0.3, -0.25) is 14.4 Å². The van der Waals surface area contributed by atoms with Gasteiger partial charge in [0.05, 0.1) is 5.69 Å². The van der Waals surface area contributed by atoms with Crippen molar-refractivity contribution in [2.24, 2.45) is 0 Å². The largest absolute Gasteiger partial charge is 0.326 e. The molecule has 0 aliphatic rings. The average Bonchev–Trinajstić information content (AvgIpc) is 2.70. The smallest absolute Gasteiger partial charge is 0.314 e. The number of para-hydroxylation sites is 1. The maximum absolute atomic E-state index is 12.4. The molecule has 0 bridgehead atoms. The van der Waals surface area contributed by atoms with Crippen molar-refractivity contribution in [3.05, 3.63) is 78.9 Å². The molecule has 6 nitrogen and oxygen atoms in total. The third-order valence-electron chi connectivity index (χ3n) is 3.75. The highest BCUT2D eigenvalue weighted by Crippen LogP contribution is 2.33. The molecule has 0 saturated heterocycles. The average molecular weight is 405 g/mol. The van der Waals surface area contributed by atoms with Gasteiger partial charge in [0.15, 0.2) is 0 Å². The van der Waals surface area contributed by atoms with Crippen LogP contribution in [-0.4, -0.2) is 17.7 Å². The van der Waals surface area contributed by atoms with Crippen LogP contribution in [0.4, 0.5) is 17.1 Å². The van der Waals surface area contributed by atoms with Crippen LogP contribution in [0.15, 0.2) is 88.7 Å². The first-order valence-corrected chi connectivity index (χ1v) is 9.65. The second-order valence-electron chi connectivity index (χ2n) is 6.08. The van der Waals surface area contributed by atoms with E-state index in [0.29, 0.717) is 17.1 Å². The topological polar surface area (TPSA) is 87.3 Å². The summed E-state index contributed by atoms with van der Waals surface area (Å²) in [5, 5.41) is 7.82. The Kier molecular flexibility index (Phi) is 6.65. The Balaban J connectivity index is 1.67. The van der Waals surface area contributed by atoms with E-state index >= 15 is 0 Å². The summed E-state index contributed by atoms with van der Waals surface area (Å²) >= 11 is 1.49. The van der Waals surface area contributed by atoms with E-state index in [1.54, 1.807) is 36.4 Å². The lowest BCUT2D eigenvalue weighted by atomic mass is 10.2. The third kappa shape index (κ3) is 5.95. The highest BCUT2D eigenvalue weighted by Gasteiger charge is 2.16. The lowest BCUT2D eigenvalue weighted by Gasteiger charge is -2.11. The van der Waals surface area contributed by atoms with Crippen LogP contribution < -0.4 is 16.0 Å². The molecule has 0 heterocycles. The van der Waals surface area contributed by atoms with Crippen molar-refractivity contribution in [3.8, 4) is 0 Å². The Labute approximate surface area is 172 Å². The van der Waals surface area contributed by atoms with Crippen molar-refractivity contribution in [2.75, 3.05) is 16.0 Å². The van der Waals surface area contributed by atoms with Crippen LogP contribution in [0.1, 0.15) is 6.92 Å². The van der Waals surface area contributed by atoms with Crippen molar-refractivity contribution < 1.29 is 14.4 Å². The summed E-state index contributed by atoms with van der Waals surface area (Å²) in [6.07, 6.45) is 0. The van der Waals surface area contributed by atoms with E-state index in [0.717, 1.165) is 9.79 Å². The van der Waals surface area contributed by atoms with Gasteiger partial charge in [0.1, 0.15) is 0 Å². The molecule has 0 aliphatic heterocycles. The van der Waals surface area contributed by atoms with Crippen LogP contribution in [0.25, 0.3) is 0 Å². The summed E-state index contributed by atoms with van der Waals surface area (Å²) in [4.78, 5) is 37.7. The highest BCUT2D eigenvalue weighted by molar-refractivity contribution is 7.99.